The van der Waals surface area contributed by atoms with E-state index in [0.717, 1.165) is 35.3 Å². The summed E-state index contributed by atoms with van der Waals surface area (Å²) in [6, 6.07) is 5.54. The maximum absolute atomic E-state index is 10.7. The van der Waals surface area contributed by atoms with Crippen LogP contribution in [0.15, 0.2) is 22.7 Å². The number of hydrogen-bond donors (Lipinski definition) is 0. The molecular formula is C14H17BrO2. The third-order valence-corrected chi connectivity index (χ3v) is 3.98. The van der Waals surface area contributed by atoms with Crippen molar-refractivity contribution in [1.29, 1.82) is 0 Å². The topological polar surface area (TPSA) is 26.3 Å². The highest BCUT2D eigenvalue weighted by Crippen LogP contribution is 2.29. The predicted molar refractivity (Wildman–Crippen MR) is 71.6 cm³/mol. The highest BCUT2D eigenvalue weighted by Gasteiger charge is 2.20. The van der Waals surface area contributed by atoms with Gasteiger partial charge in [0.2, 0.25) is 0 Å². The molecule has 3 heteroatoms. The first-order valence-corrected chi connectivity index (χ1v) is 6.89. The monoisotopic (exact) mass is 296 g/mol. The quantitative estimate of drug-likeness (QED) is 0.781. The number of benzene rings is 1. The molecule has 2 unspecified atom stereocenters. The third-order valence-electron chi connectivity index (χ3n) is 3.29. The van der Waals surface area contributed by atoms with Gasteiger partial charge in [-0.15, -0.1) is 0 Å². The predicted octanol–water partition coefficient (Wildman–Crippen LogP) is 4.22. The van der Waals surface area contributed by atoms with E-state index in [0.29, 0.717) is 11.7 Å². The summed E-state index contributed by atoms with van der Waals surface area (Å²) >= 11 is 3.37. The molecule has 0 aromatic heterocycles. The molecule has 2 rings (SSSR count). The maximum Gasteiger partial charge on any atom is 0.151 e. The minimum absolute atomic E-state index is 0.327. The van der Waals surface area contributed by atoms with Gasteiger partial charge in [0.25, 0.3) is 0 Å². The van der Waals surface area contributed by atoms with Gasteiger partial charge in [0.15, 0.2) is 6.29 Å². The summed E-state index contributed by atoms with van der Waals surface area (Å²) in [5.74, 6) is 1.60. The van der Waals surface area contributed by atoms with Crippen LogP contribution in [-0.2, 0) is 0 Å². The lowest BCUT2D eigenvalue weighted by Crippen LogP contribution is -2.24. The molecule has 1 fully saturated rings. The Balaban J connectivity index is 2.03. The fourth-order valence-corrected chi connectivity index (χ4v) is 2.81. The molecule has 0 spiro atoms. The van der Waals surface area contributed by atoms with Crippen molar-refractivity contribution in [2.24, 2.45) is 5.92 Å². The van der Waals surface area contributed by atoms with Crippen LogP contribution in [0.5, 0.6) is 5.75 Å². The minimum Gasteiger partial charge on any atom is -0.490 e. The molecule has 0 saturated heterocycles. The van der Waals surface area contributed by atoms with Crippen molar-refractivity contribution >= 4 is 22.2 Å². The van der Waals surface area contributed by atoms with Crippen molar-refractivity contribution in [3.63, 3.8) is 0 Å². The molecule has 0 radical (unpaired) electrons. The Morgan fingerprint density at radius 2 is 2.24 bits per heavy atom. The van der Waals surface area contributed by atoms with Crippen LogP contribution in [0.3, 0.4) is 0 Å². The van der Waals surface area contributed by atoms with E-state index < -0.39 is 0 Å². The van der Waals surface area contributed by atoms with Crippen molar-refractivity contribution < 1.29 is 9.53 Å². The standard InChI is InChI=1S/C14H17BrO2/c1-10-3-2-4-12(7-10)17-13-6-5-11(9-16)14(15)8-13/h5-6,8-10,12H,2-4,7H2,1H3. The van der Waals surface area contributed by atoms with Crippen molar-refractivity contribution in [3.8, 4) is 5.75 Å². The zero-order valence-corrected chi connectivity index (χ0v) is 11.6. The number of aldehydes is 1. The molecule has 1 aromatic rings. The van der Waals surface area contributed by atoms with Crippen LogP contribution in [0.4, 0.5) is 0 Å². The lowest BCUT2D eigenvalue weighted by atomic mass is 9.89. The van der Waals surface area contributed by atoms with Crippen molar-refractivity contribution in [3.05, 3.63) is 28.2 Å². The normalized spacial score (nSPS) is 24.4. The Morgan fingerprint density at radius 1 is 1.41 bits per heavy atom. The third kappa shape index (κ3) is 3.32. The second-order valence-electron chi connectivity index (χ2n) is 4.81. The van der Waals surface area contributed by atoms with Gasteiger partial charge in [0.1, 0.15) is 5.75 Å². The van der Waals surface area contributed by atoms with Gasteiger partial charge in [0, 0.05) is 10.0 Å². The van der Waals surface area contributed by atoms with E-state index >= 15 is 0 Å². The Hall–Kier alpha value is -0.830. The summed E-state index contributed by atoms with van der Waals surface area (Å²) in [4.78, 5) is 10.7. The lowest BCUT2D eigenvalue weighted by Gasteiger charge is -2.27. The van der Waals surface area contributed by atoms with E-state index in [-0.39, 0.29) is 0 Å². The van der Waals surface area contributed by atoms with E-state index in [1.165, 1.54) is 12.8 Å². The van der Waals surface area contributed by atoms with Gasteiger partial charge < -0.3 is 4.74 Å². The van der Waals surface area contributed by atoms with E-state index in [1.54, 1.807) is 6.07 Å². The molecular weight excluding hydrogens is 280 g/mol. The first-order chi connectivity index (χ1) is 8.19. The molecule has 1 saturated carbocycles. The van der Waals surface area contributed by atoms with Crippen LogP contribution >= 0.6 is 15.9 Å². The second-order valence-corrected chi connectivity index (χ2v) is 5.67. The van der Waals surface area contributed by atoms with Crippen LogP contribution in [0, 0.1) is 5.92 Å². The number of ether oxygens (including phenoxy) is 1. The van der Waals surface area contributed by atoms with Crippen LogP contribution in [0.25, 0.3) is 0 Å². The number of carbonyl (C=O) groups excluding carboxylic acids is 1. The molecule has 0 amide bonds. The maximum atomic E-state index is 10.7. The summed E-state index contributed by atoms with van der Waals surface area (Å²) in [7, 11) is 0. The van der Waals surface area contributed by atoms with E-state index in [9.17, 15) is 4.79 Å². The van der Waals surface area contributed by atoms with E-state index in [1.807, 2.05) is 12.1 Å². The zero-order valence-electron chi connectivity index (χ0n) is 9.99. The minimum atomic E-state index is 0.327. The Bertz CT molecular complexity index is 403. The van der Waals surface area contributed by atoms with Gasteiger partial charge in [-0.05, 0) is 59.3 Å². The fourth-order valence-electron chi connectivity index (χ4n) is 2.35. The summed E-state index contributed by atoms with van der Waals surface area (Å²) in [5, 5.41) is 0. The molecule has 0 aliphatic heterocycles. The molecule has 0 bridgehead atoms. The summed E-state index contributed by atoms with van der Waals surface area (Å²) in [6.07, 6.45) is 6.00. The largest absolute Gasteiger partial charge is 0.490 e. The van der Waals surface area contributed by atoms with Gasteiger partial charge in [0.05, 0.1) is 6.10 Å². The highest BCUT2D eigenvalue weighted by molar-refractivity contribution is 9.10. The summed E-state index contributed by atoms with van der Waals surface area (Å²) < 4.78 is 6.76. The molecule has 2 nitrogen and oxygen atoms in total. The molecule has 1 aromatic carbocycles. The van der Waals surface area contributed by atoms with Gasteiger partial charge >= 0.3 is 0 Å². The highest BCUT2D eigenvalue weighted by atomic mass is 79.9. The number of carbonyl (C=O) groups is 1. The van der Waals surface area contributed by atoms with Gasteiger partial charge in [-0.1, -0.05) is 13.3 Å². The first-order valence-electron chi connectivity index (χ1n) is 6.10. The molecule has 2 atom stereocenters. The van der Waals surface area contributed by atoms with Crippen molar-refractivity contribution in [2.45, 2.75) is 38.7 Å². The Labute approximate surface area is 110 Å². The molecule has 92 valence electrons. The fraction of sp³-hybridized carbons (Fsp3) is 0.500. The number of rotatable bonds is 3. The average Bonchev–Trinajstić information content (AvgIpc) is 2.29. The van der Waals surface area contributed by atoms with Crippen molar-refractivity contribution in [2.75, 3.05) is 0 Å². The van der Waals surface area contributed by atoms with E-state index in [2.05, 4.69) is 22.9 Å². The number of halogens is 1. The van der Waals surface area contributed by atoms with E-state index in [4.69, 9.17) is 4.74 Å². The van der Waals surface area contributed by atoms with Crippen LogP contribution in [0.2, 0.25) is 0 Å². The van der Waals surface area contributed by atoms with Gasteiger partial charge in [-0.2, -0.15) is 0 Å². The van der Waals surface area contributed by atoms with Crippen LogP contribution in [-0.4, -0.2) is 12.4 Å². The molecule has 1 aliphatic carbocycles. The van der Waals surface area contributed by atoms with Crippen LogP contribution < -0.4 is 4.74 Å². The zero-order chi connectivity index (χ0) is 12.3. The molecule has 0 heterocycles. The van der Waals surface area contributed by atoms with Crippen LogP contribution in [0.1, 0.15) is 43.0 Å². The SMILES string of the molecule is CC1CCCC(Oc2ccc(C=O)c(Br)c2)C1. The first kappa shape index (κ1) is 12.6. The lowest BCUT2D eigenvalue weighted by molar-refractivity contribution is 0.112. The van der Waals surface area contributed by atoms with Crippen molar-refractivity contribution in [1.82, 2.24) is 0 Å². The summed E-state index contributed by atoms with van der Waals surface area (Å²) in [6.45, 7) is 2.28. The Kier molecular flexibility index (Phi) is 4.21. The smallest absolute Gasteiger partial charge is 0.151 e. The Morgan fingerprint density at radius 3 is 2.88 bits per heavy atom. The van der Waals surface area contributed by atoms with Gasteiger partial charge in [-0.3, -0.25) is 4.79 Å². The van der Waals surface area contributed by atoms with Gasteiger partial charge in [-0.25, -0.2) is 0 Å². The molecule has 0 N–H and O–H groups in total. The number of hydrogen-bond acceptors (Lipinski definition) is 2. The molecule has 1 aliphatic rings. The summed E-state index contributed by atoms with van der Waals surface area (Å²) in [5.41, 5.74) is 0.661. The second kappa shape index (κ2) is 5.67. The molecule has 17 heavy (non-hydrogen) atoms. The average molecular weight is 297 g/mol.